The molecule has 0 spiro atoms. The molecule has 0 N–H and O–H groups in total. The van der Waals surface area contributed by atoms with Gasteiger partial charge in [-0.25, -0.2) is 9.59 Å². The third kappa shape index (κ3) is 7.48. The SMILES string of the molecule is O=C=Nc1ccc(OCCCCCC(=O)Oc2ccc(N=C=O)cc2)cc1. The molecule has 7 nitrogen and oxygen atoms in total. The highest BCUT2D eigenvalue weighted by atomic mass is 16.5. The van der Waals surface area contributed by atoms with E-state index in [-0.39, 0.29) is 5.97 Å². The second-order valence-electron chi connectivity index (χ2n) is 5.53. The van der Waals surface area contributed by atoms with Crippen molar-refractivity contribution in [1.29, 1.82) is 0 Å². The highest BCUT2D eigenvalue weighted by Gasteiger charge is 2.05. The van der Waals surface area contributed by atoms with Crippen LogP contribution in [0, 0.1) is 0 Å². The van der Waals surface area contributed by atoms with Gasteiger partial charge in [0.25, 0.3) is 0 Å². The Kier molecular flexibility index (Phi) is 8.18. The summed E-state index contributed by atoms with van der Waals surface area (Å²) in [5.41, 5.74) is 0.984. The van der Waals surface area contributed by atoms with Crippen LogP contribution in [-0.2, 0) is 14.4 Å². The molecule has 2 aromatic carbocycles. The summed E-state index contributed by atoms with van der Waals surface area (Å²) < 4.78 is 10.8. The average molecular weight is 366 g/mol. The molecule has 0 fully saturated rings. The van der Waals surface area contributed by atoms with Gasteiger partial charge in [0.15, 0.2) is 0 Å². The highest BCUT2D eigenvalue weighted by Crippen LogP contribution is 2.19. The summed E-state index contributed by atoms with van der Waals surface area (Å²) in [6.45, 7) is 0.532. The van der Waals surface area contributed by atoms with Crippen LogP contribution in [0.4, 0.5) is 11.4 Å². The minimum absolute atomic E-state index is 0.311. The molecule has 0 unspecified atom stereocenters. The Hall–Kier alpha value is -3.53. The minimum Gasteiger partial charge on any atom is -0.494 e. The number of esters is 1. The minimum atomic E-state index is -0.311. The zero-order valence-electron chi connectivity index (χ0n) is 14.6. The normalized spacial score (nSPS) is 9.63. The maximum atomic E-state index is 11.8. The molecular weight excluding hydrogens is 348 g/mol. The second kappa shape index (κ2) is 11.2. The maximum Gasteiger partial charge on any atom is 0.311 e. The molecule has 0 saturated heterocycles. The van der Waals surface area contributed by atoms with Crippen LogP contribution in [0.25, 0.3) is 0 Å². The van der Waals surface area contributed by atoms with Crippen LogP contribution >= 0.6 is 0 Å². The summed E-state index contributed by atoms with van der Waals surface area (Å²) in [5.74, 6) is 0.797. The summed E-state index contributed by atoms with van der Waals surface area (Å²) in [5, 5.41) is 0. The molecule has 27 heavy (non-hydrogen) atoms. The molecule has 0 aromatic heterocycles. The Bertz CT molecular complexity index is 834. The van der Waals surface area contributed by atoms with Crippen LogP contribution < -0.4 is 9.47 Å². The summed E-state index contributed by atoms with van der Waals surface area (Å²) in [4.78, 5) is 39.0. The van der Waals surface area contributed by atoms with Gasteiger partial charge in [0.2, 0.25) is 12.2 Å². The van der Waals surface area contributed by atoms with E-state index in [2.05, 4.69) is 9.98 Å². The number of unbranched alkanes of at least 4 members (excludes halogenated alkanes) is 2. The van der Waals surface area contributed by atoms with Crippen LogP contribution in [0.15, 0.2) is 58.5 Å². The van der Waals surface area contributed by atoms with Crippen molar-refractivity contribution in [2.75, 3.05) is 6.61 Å². The van der Waals surface area contributed by atoms with Crippen LogP contribution in [0.5, 0.6) is 11.5 Å². The molecule has 0 amide bonds. The Labute approximate surface area is 156 Å². The molecule has 0 saturated carbocycles. The maximum absolute atomic E-state index is 11.8. The lowest BCUT2D eigenvalue weighted by atomic mass is 10.2. The number of benzene rings is 2. The van der Waals surface area contributed by atoms with Crippen molar-refractivity contribution in [1.82, 2.24) is 0 Å². The summed E-state index contributed by atoms with van der Waals surface area (Å²) in [6.07, 6.45) is 5.57. The van der Waals surface area contributed by atoms with Gasteiger partial charge in [0.1, 0.15) is 11.5 Å². The van der Waals surface area contributed by atoms with E-state index in [0.29, 0.717) is 42.3 Å². The Morgan fingerprint density at radius 3 is 1.89 bits per heavy atom. The Morgan fingerprint density at radius 1 is 0.778 bits per heavy atom. The van der Waals surface area contributed by atoms with Gasteiger partial charge < -0.3 is 9.47 Å². The number of carbonyl (C=O) groups is 1. The number of nitrogens with zero attached hydrogens (tertiary/aromatic N) is 2. The Balaban J connectivity index is 1.59. The van der Waals surface area contributed by atoms with Crippen molar-refractivity contribution < 1.29 is 23.9 Å². The van der Waals surface area contributed by atoms with E-state index in [1.165, 1.54) is 12.2 Å². The van der Waals surface area contributed by atoms with E-state index in [9.17, 15) is 14.4 Å². The van der Waals surface area contributed by atoms with Crippen LogP contribution in [0.3, 0.4) is 0 Å². The van der Waals surface area contributed by atoms with Crippen molar-refractivity contribution in [3.63, 3.8) is 0 Å². The molecule has 0 bridgehead atoms. The fraction of sp³-hybridized carbons (Fsp3) is 0.250. The molecule has 7 heteroatoms. The monoisotopic (exact) mass is 366 g/mol. The molecule has 0 aliphatic carbocycles. The van der Waals surface area contributed by atoms with Crippen molar-refractivity contribution in [2.24, 2.45) is 9.98 Å². The van der Waals surface area contributed by atoms with Gasteiger partial charge in [-0.15, -0.1) is 0 Å². The fourth-order valence-corrected chi connectivity index (χ4v) is 2.23. The number of carbonyl (C=O) groups excluding carboxylic acids is 3. The predicted octanol–water partition coefficient (Wildman–Crippen LogP) is 4.17. The highest BCUT2D eigenvalue weighted by molar-refractivity contribution is 5.72. The zero-order valence-corrected chi connectivity index (χ0v) is 14.6. The van der Waals surface area contributed by atoms with E-state index in [1.807, 2.05) is 0 Å². The average Bonchev–Trinajstić information content (AvgIpc) is 2.68. The quantitative estimate of drug-likeness (QED) is 0.207. The first-order valence-corrected chi connectivity index (χ1v) is 8.40. The zero-order chi connectivity index (χ0) is 19.3. The van der Waals surface area contributed by atoms with Gasteiger partial charge in [0.05, 0.1) is 18.0 Å². The first-order valence-electron chi connectivity index (χ1n) is 8.40. The second-order valence-corrected chi connectivity index (χ2v) is 5.53. The van der Waals surface area contributed by atoms with E-state index < -0.39 is 0 Å². The number of hydrogen-bond donors (Lipinski definition) is 0. The van der Waals surface area contributed by atoms with E-state index in [0.717, 1.165) is 12.8 Å². The Morgan fingerprint density at radius 2 is 1.33 bits per heavy atom. The summed E-state index contributed by atoms with van der Waals surface area (Å²) >= 11 is 0. The third-order valence-electron chi connectivity index (χ3n) is 3.55. The smallest absolute Gasteiger partial charge is 0.311 e. The van der Waals surface area contributed by atoms with Gasteiger partial charge in [0, 0.05) is 6.42 Å². The molecule has 0 radical (unpaired) electrons. The van der Waals surface area contributed by atoms with Crippen molar-refractivity contribution in [2.45, 2.75) is 25.7 Å². The van der Waals surface area contributed by atoms with Crippen molar-refractivity contribution in [3.8, 4) is 11.5 Å². The number of hydrogen-bond acceptors (Lipinski definition) is 7. The molecule has 0 atom stereocenters. The number of rotatable bonds is 10. The molecule has 0 aliphatic heterocycles. The summed E-state index contributed by atoms with van der Waals surface area (Å²) in [6, 6.07) is 13.1. The molecule has 2 aromatic rings. The van der Waals surface area contributed by atoms with E-state index in [4.69, 9.17) is 9.47 Å². The van der Waals surface area contributed by atoms with E-state index >= 15 is 0 Å². The van der Waals surface area contributed by atoms with Crippen molar-refractivity contribution in [3.05, 3.63) is 48.5 Å². The van der Waals surface area contributed by atoms with Crippen molar-refractivity contribution >= 4 is 29.5 Å². The first kappa shape index (κ1) is 19.8. The lowest BCUT2D eigenvalue weighted by Gasteiger charge is -2.06. The first-order chi connectivity index (χ1) is 13.2. The molecular formula is C20H18N2O5. The number of ether oxygens (including phenoxy) is 2. The van der Waals surface area contributed by atoms with Crippen LogP contribution in [-0.4, -0.2) is 24.7 Å². The topological polar surface area (TPSA) is 94.4 Å². The van der Waals surface area contributed by atoms with Gasteiger partial charge in [-0.2, -0.15) is 9.98 Å². The van der Waals surface area contributed by atoms with Gasteiger partial charge in [-0.05, 0) is 67.8 Å². The third-order valence-corrected chi connectivity index (χ3v) is 3.55. The van der Waals surface area contributed by atoms with E-state index in [1.54, 1.807) is 48.5 Å². The molecule has 2 rings (SSSR count). The lowest BCUT2D eigenvalue weighted by Crippen LogP contribution is -2.07. The fourth-order valence-electron chi connectivity index (χ4n) is 2.23. The number of aliphatic imine (C=N–C) groups is 2. The van der Waals surface area contributed by atoms with Gasteiger partial charge >= 0.3 is 5.97 Å². The van der Waals surface area contributed by atoms with Crippen LogP contribution in [0.1, 0.15) is 25.7 Å². The molecule has 0 heterocycles. The predicted molar refractivity (Wildman–Crippen MR) is 98.0 cm³/mol. The lowest BCUT2D eigenvalue weighted by molar-refractivity contribution is -0.134. The molecule has 0 aliphatic rings. The van der Waals surface area contributed by atoms with Gasteiger partial charge in [-0.3, -0.25) is 4.79 Å². The summed E-state index contributed by atoms with van der Waals surface area (Å²) in [7, 11) is 0. The largest absolute Gasteiger partial charge is 0.494 e. The van der Waals surface area contributed by atoms with Gasteiger partial charge in [-0.1, -0.05) is 0 Å². The number of isocyanates is 2. The molecule has 138 valence electrons. The van der Waals surface area contributed by atoms with Crippen LogP contribution in [0.2, 0.25) is 0 Å². The standard InChI is InChI=1S/C20H18N2O5/c23-14-21-16-5-9-18(10-6-16)26-13-3-1-2-4-20(25)27-19-11-7-17(8-12-19)22-15-24/h5-12H,1-4,13H2.